The van der Waals surface area contributed by atoms with Crippen molar-refractivity contribution in [1.82, 2.24) is 24.6 Å². The van der Waals surface area contributed by atoms with Crippen molar-refractivity contribution in [2.24, 2.45) is 0 Å². The first-order chi connectivity index (χ1) is 17.9. The number of imidazole rings is 1. The summed E-state index contributed by atoms with van der Waals surface area (Å²) >= 11 is 0. The Morgan fingerprint density at radius 3 is 2.76 bits per heavy atom. The SMILES string of the molecule is CC(C)OC(=O)[C@@H](C)N[P@@](=O)(OC[C@@H]1C[C@@](C)(F)[C@H](n2cnc3c(=O)[nH]c(N)nc32)O1)Oc1ccccc1. The molecular formula is C23H30FN6O7P. The summed E-state index contributed by atoms with van der Waals surface area (Å²) in [4.78, 5) is 34.8. The predicted octanol–water partition coefficient (Wildman–Crippen LogP) is 2.85. The molecule has 1 aliphatic rings. The van der Waals surface area contributed by atoms with Crippen molar-refractivity contribution in [3.63, 3.8) is 0 Å². The zero-order chi connectivity index (χ0) is 27.7. The number of nitrogens with two attached hydrogens (primary N) is 1. The summed E-state index contributed by atoms with van der Waals surface area (Å²) in [7, 11) is -4.17. The highest BCUT2D eigenvalue weighted by Crippen LogP contribution is 2.47. The van der Waals surface area contributed by atoms with Crippen molar-refractivity contribution in [2.75, 3.05) is 12.3 Å². The number of nitrogens with one attached hydrogen (secondary N) is 2. The summed E-state index contributed by atoms with van der Waals surface area (Å²) < 4.78 is 52.9. The molecule has 0 saturated carbocycles. The summed E-state index contributed by atoms with van der Waals surface area (Å²) in [6, 6.07) is 7.20. The zero-order valence-electron chi connectivity index (χ0n) is 21.3. The highest BCUT2D eigenvalue weighted by Gasteiger charge is 2.48. The van der Waals surface area contributed by atoms with Gasteiger partial charge >= 0.3 is 13.7 Å². The number of ether oxygens (including phenoxy) is 2. The lowest BCUT2D eigenvalue weighted by Gasteiger charge is -2.24. The van der Waals surface area contributed by atoms with Crippen LogP contribution >= 0.6 is 7.75 Å². The fourth-order valence-electron chi connectivity index (χ4n) is 4.00. The van der Waals surface area contributed by atoms with Crippen LogP contribution in [0.1, 0.15) is 40.3 Å². The lowest BCUT2D eigenvalue weighted by molar-refractivity contribution is -0.149. The van der Waals surface area contributed by atoms with E-state index < -0.39 is 43.3 Å². The van der Waals surface area contributed by atoms with Gasteiger partial charge in [-0.15, -0.1) is 0 Å². The van der Waals surface area contributed by atoms with Crippen molar-refractivity contribution >= 4 is 30.8 Å². The zero-order valence-corrected chi connectivity index (χ0v) is 22.2. The van der Waals surface area contributed by atoms with Gasteiger partial charge < -0.3 is 19.7 Å². The van der Waals surface area contributed by atoms with Gasteiger partial charge in [0.25, 0.3) is 5.56 Å². The minimum atomic E-state index is -4.17. The second-order valence-electron chi connectivity index (χ2n) is 9.40. The number of aromatic amines is 1. The second kappa shape index (κ2) is 10.8. The van der Waals surface area contributed by atoms with Gasteiger partial charge in [-0.25, -0.2) is 13.9 Å². The molecule has 0 aliphatic carbocycles. The van der Waals surface area contributed by atoms with Crippen LogP contribution < -0.4 is 20.9 Å². The molecule has 1 aliphatic heterocycles. The second-order valence-corrected chi connectivity index (χ2v) is 11.1. The minimum Gasteiger partial charge on any atom is -0.462 e. The molecule has 1 fully saturated rings. The van der Waals surface area contributed by atoms with Crippen LogP contribution in [0.3, 0.4) is 0 Å². The van der Waals surface area contributed by atoms with Crippen LogP contribution in [0.5, 0.6) is 5.75 Å². The molecule has 3 aromatic rings. The third kappa shape index (κ3) is 6.21. The van der Waals surface area contributed by atoms with Gasteiger partial charge in [0.05, 0.1) is 25.1 Å². The monoisotopic (exact) mass is 552 g/mol. The van der Waals surface area contributed by atoms with Crippen molar-refractivity contribution in [3.05, 3.63) is 47.0 Å². The van der Waals surface area contributed by atoms with Crippen LogP contribution in [-0.4, -0.2) is 56.0 Å². The Kier molecular flexibility index (Phi) is 7.88. The van der Waals surface area contributed by atoms with Crippen LogP contribution in [0.2, 0.25) is 0 Å². The van der Waals surface area contributed by atoms with Crippen LogP contribution in [0.25, 0.3) is 11.2 Å². The maximum atomic E-state index is 15.7. The average Bonchev–Trinajstić information content (AvgIpc) is 3.37. The molecule has 0 spiro atoms. The largest absolute Gasteiger partial charge is 0.462 e. The maximum absolute atomic E-state index is 15.7. The number of hydrogen-bond acceptors (Lipinski definition) is 10. The lowest BCUT2D eigenvalue weighted by Crippen LogP contribution is -2.36. The molecule has 5 atom stereocenters. The molecule has 3 heterocycles. The van der Waals surface area contributed by atoms with Crippen LogP contribution in [-0.2, 0) is 23.4 Å². The molecule has 1 saturated heterocycles. The maximum Gasteiger partial charge on any atom is 0.459 e. The number of carbonyl (C=O) groups excluding carboxylic acids is 1. The summed E-state index contributed by atoms with van der Waals surface area (Å²) in [6.45, 7) is 5.81. The molecule has 0 radical (unpaired) electrons. The molecule has 38 heavy (non-hydrogen) atoms. The normalized spacial score (nSPS) is 23.8. The summed E-state index contributed by atoms with van der Waals surface area (Å²) in [5.74, 6) is -0.576. The fourth-order valence-corrected chi connectivity index (χ4v) is 5.52. The molecule has 4 N–H and O–H groups in total. The van der Waals surface area contributed by atoms with Gasteiger partial charge in [-0.3, -0.25) is 23.7 Å². The number of fused-ring (bicyclic) bond motifs is 1. The standard InChI is InChI=1S/C23H30FN6O7P/c1-13(2)35-20(32)14(3)29-38(33,37-15-8-6-5-7-9-15)34-11-16-10-23(4,24)21(36-16)30-12-26-17-18(30)27-22(25)28-19(17)31/h5-9,12-14,16,21H,10-11H2,1-4H3,(H,29,33)(H3,25,27,28,31)/t14-,16+,21-,23-,38-/m1/s1. The molecule has 0 unspecified atom stereocenters. The van der Waals surface area contributed by atoms with E-state index in [1.165, 1.54) is 24.7 Å². The van der Waals surface area contributed by atoms with Gasteiger partial charge in [-0.1, -0.05) is 18.2 Å². The van der Waals surface area contributed by atoms with Gasteiger partial charge in [0, 0.05) is 6.42 Å². The number of benzene rings is 1. The molecule has 4 rings (SSSR count). The third-order valence-electron chi connectivity index (χ3n) is 5.62. The molecule has 15 heteroatoms. The number of para-hydroxylation sites is 1. The Morgan fingerprint density at radius 1 is 1.37 bits per heavy atom. The van der Waals surface area contributed by atoms with Gasteiger partial charge in [0.2, 0.25) is 5.95 Å². The van der Waals surface area contributed by atoms with E-state index in [9.17, 15) is 14.2 Å². The van der Waals surface area contributed by atoms with Crippen LogP contribution in [0, 0.1) is 0 Å². The van der Waals surface area contributed by atoms with E-state index in [2.05, 4.69) is 20.0 Å². The van der Waals surface area contributed by atoms with Crippen molar-refractivity contribution < 1.29 is 32.3 Å². The first-order valence-corrected chi connectivity index (χ1v) is 13.5. The summed E-state index contributed by atoms with van der Waals surface area (Å²) in [5, 5.41) is 2.58. The van der Waals surface area contributed by atoms with Crippen molar-refractivity contribution in [2.45, 2.75) is 64.3 Å². The number of alkyl halides is 1. The van der Waals surface area contributed by atoms with E-state index in [1.54, 1.807) is 44.2 Å². The number of anilines is 1. The first-order valence-electron chi connectivity index (χ1n) is 11.9. The van der Waals surface area contributed by atoms with Gasteiger partial charge in [0.15, 0.2) is 23.1 Å². The Morgan fingerprint density at radius 2 is 2.08 bits per heavy atom. The fraction of sp³-hybridized carbons (Fsp3) is 0.478. The Hall–Kier alpha value is -3.32. The van der Waals surface area contributed by atoms with E-state index >= 15 is 4.39 Å². The van der Waals surface area contributed by atoms with E-state index in [0.717, 1.165) is 0 Å². The van der Waals surface area contributed by atoms with Crippen molar-refractivity contribution in [3.8, 4) is 5.75 Å². The van der Waals surface area contributed by atoms with E-state index in [4.69, 9.17) is 24.3 Å². The number of nitrogen functional groups attached to an aromatic ring is 1. The van der Waals surface area contributed by atoms with Gasteiger partial charge in [-0.05, 0) is 39.8 Å². The number of halogens is 1. The quantitative estimate of drug-likeness (QED) is 0.249. The number of esters is 1. The molecule has 13 nitrogen and oxygen atoms in total. The molecule has 206 valence electrons. The molecule has 1 aromatic carbocycles. The Balaban J connectivity index is 1.52. The highest BCUT2D eigenvalue weighted by molar-refractivity contribution is 7.52. The molecule has 0 amide bonds. The molecule has 0 bridgehead atoms. The Labute approximate surface area is 217 Å². The number of nitrogens with zero attached hydrogens (tertiary/aromatic N) is 3. The molecular weight excluding hydrogens is 522 g/mol. The summed E-state index contributed by atoms with van der Waals surface area (Å²) in [6.07, 6.45) is -1.39. The highest BCUT2D eigenvalue weighted by atomic mass is 31.2. The third-order valence-corrected chi connectivity index (χ3v) is 7.27. The first kappa shape index (κ1) is 27.7. The molecule has 2 aromatic heterocycles. The van der Waals surface area contributed by atoms with Gasteiger partial charge in [0.1, 0.15) is 11.8 Å². The van der Waals surface area contributed by atoms with E-state index in [1.807, 2.05) is 0 Å². The van der Waals surface area contributed by atoms with E-state index in [-0.39, 0.29) is 42.0 Å². The van der Waals surface area contributed by atoms with Crippen LogP contribution in [0.15, 0.2) is 41.5 Å². The Bertz CT molecular complexity index is 1400. The topological polar surface area (TPSA) is 173 Å². The van der Waals surface area contributed by atoms with Gasteiger partial charge in [-0.2, -0.15) is 10.1 Å². The smallest absolute Gasteiger partial charge is 0.459 e. The summed E-state index contributed by atoms with van der Waals surface area (Å²) in [5.41, 5.74) is 3.17. The predicted molar refractivity (Wildman–Crippen MR) is 135 cm³/mol. The van der Waals surface area contributed by atoms with Crippen LogP contribution in [0.4, 0.5) is 10.3 Å². The number of hydrogen-bond donors (Lipinski definition) is 3. The number of carbonyl (C=O) groups is 1. The number of H-pyrrole nitrogens is 1. The minimum absolute atomic E-state index is 0.0227. The average molecular weight is 553 g/mol. The lowest BCUT2D eigenvalue weighted by atomic mass is 10.0. The van der Waals surface area contributed by atoms with E-state index in [0.29, 0.717) is 0 Å². The van der Waals surface area contributed by atoms with Crippen molar-refractivity contribution in [1.29, 1.82) is 0 Å². The number of rotatable bonds is 10. The number of aromatic nitrogens is 4.